The molecule has 0 aliphatic carbocycles. The van der Waals surface area contributed by atoms with Gasteiger partial charge in [0.1, 0.15) is 18.1 Å². The lowest BCUT2D eigenvalue weighted by Crippen LogP contribution is -2.46. The number of nitrogens with zero attached hydrogens (tertiary/aromatic N) is 1. The second kappa shape index (κ2) is 9.78. The topological polar surface area (TPSA) is 114 Å². The van der Waals surface area contributed by atoms with Crippen LogP contribution in [-0.4, -0.2) is 24.9 Å². The summed E-state index contributed by atoms with van der Waals surface area (Å²) < 4.78 is 30.3. The van der Waals surface area contributed by atoms with Gasteiger partial charge in [-0.05, 0) is 49.3 Å². The highest BCUT2D eigenvalue weighted by Gasteiger charge is 2.24. The SMILES string of the molecule is C=C/C(=C\C=C/CS(=O)(=O)O)NC1NC(Nc2ccccc2)=C(C#N)C(C)=C1C. The van der Waals surface area contributed by atoms with Gasteiger partial charge in [-0.3, -0.25) is 4.55 Å². The van der Waals surface area contributed by atoms with E-state index in [1.165, 1.54) is 12.2 Å². The summed E-state index contributed by atoms with van der Waals surface area (Å²) in [5, 5.41) is 19.4. The summed E-state index contributed by atoms with van der Waals surface area (Å²) in [4.78, 5) is 0. The van der Waals surface area contributed by atoms with Crippen molar-refractivity contribution in [3.05, 3.63) is 89.5 Å². The molecule has 4 N–H and O–H groups in total. The van der Waals surface area contributed by atoms with E-state index in [4.69, 9.17) is 4.55 Å². The van der Waals surface area contributed by atoms with Gasteiger partial charge in [0.25, 0.3) is 10.1 Å². The van der Waals surface area contributed by atoms with Crippen LogP contribution in [-0.2, 0) is 10.1 Å². The van der Waals surface area contributed by atoms with Crippen LogP contribution in [0.5, 0.6) is 0 Å². The Labute approximate surface area is 171 Å². The molecule has 1 aromatic rings. The molecule has 1 heterocycles. The predicted molar refractivity (Wildman–Crippen MR) is 115 cm³/mol. The van der Waals surface area contributed by atoms with Gasteiger partial charge in [-0.25, -0.2) is 0 Å². The number of hydrogen-bond acceptors (Lipinski definition) is 6. The van der Waals surface area contributed by atoms with Crippen molar-refractivity contribution in [3.63, 3.8) is 0 Å². The Kier molecular flexibility index (Phi) is 7.42. The largest absolute Gasteiger partial charge is 0.362 e. The van der Waals surface area contributed by atoms with E-state index in [0.717, 1.165) is 16.8 Å². The second-order valence-corrected chi connectivity index (χ2v) is 7.88. The summed E-state index contributed by atoms with van der Waals surface area (Å²) in [5.74, 6) is 0.122. The molecule has 29 heavy (non-hydrogen) atoms. The molecular weight excluding hydrogens is 388 g/mol. The van der Waals surface area contributed by atoms with E-state index in [2.05, 4.69) is 28.6 Å². The highest BCUT2D eigenvalue weighted by molar-refractivity contribution is 7.85. The first kappa shape index (κ1) is 22.0. The Morgan fingerprint density at radius 3 is 2.62 bits per heavy atom. The van der Waals surface area contributed by atoms with Crippen molar-refractivity contribution in [2.24, 2.45) is 0 Å². The standard InChI is InChI=1S/C21H24N4O3S/c1-4-17(10-8-9-13-29(26,27)28)23-20-16(3)15(2)19(14-22)21(25-20)24-18-11-6-5-7-12-18/h4-12,20,23-25H,1,13H2,2-3H3,(H,26,27,28)/b9-8-,17-10+. The highest BCUT2D eigenvalue weighted by atomic mass is 32.2. The number of allylic oxidation sites excluding steroid dienone is 5. The van der Waals surface area contributed by atoms with Gasteiger partial charge >= 0.3 is 0 Å². The molecule has 1 aliphatic heterocycles. The minimum atomic E-state index is -4.05. The molecule has 8 heteroatoms. The average Bonchev–Trinajstić information content (AvgIpc) is 2.68. The Hall–Kier alpha value is -3.28. The van der Waals surface area contributed by atoms with Crippen LogP contribution in [0.4, 0.5) is 5.69 Å². The molecule has 0 radical (unpaired) electrons. The van der Waals surface area contributed by atoms with Gasteiger partial charge in [-0.2, -0.15) is 13.7 Å². The van der Waals surface area contributed by atoms with Crippen LogP contribution in [0.1, 0.15) is 13.8 Å². The fourth-order valence-corrected chi connectivity index (χ4v) is 3.02. The Balaban J connectivity index is 2.22. The van der Waals surface area contributed by atoms with Crippen molar-refractivity contribution in [2.75, 3.05) is 11.1 Å². The maximum absolute atomic E-state index is 10.8. The molecule has 0 saturated heterocycles. The van der Waals surface area contributed by atoms with Crippen LogP contribution in [0.3, 0.4) is 0 Å². The molecule has 0 aromatic heterocycles. The van der Waals surface area contributed by atoms with Crippen LogP contribution in [0.25, 0.3) is 0 Å². The van der Waals surface area contributed by atoms with Gasteiger partial charge in [-0.15, -0.1) is 0 Å². The van der Waals surface area contributed by atoms with Crippen molar-refractivity contribution in [2.45, 2.75) is 20.0 Å². The van der Waals surface area contributed by atoms with Crippen LogP contribution in [0.15, 0.2) is 89.5 Å². The van der Waals surface area contributed by atoms with Gasteiger partial charge in [-0.1, -0.05) is 36.9 Å². The van der Waals surface area contributed by atoms with Crippen molar-refractivity contribution in [1.29, 1.82) is 5.26 Å². The fourth-order valence-electron chi connectivity index (χ4n) is 2.67. The summed E-state index contributed by atoms with van der Waals surface area (Å²) in [6.45, 7) is 7.57. The molecule has 0 spiro atoms. The van der Waals surface area contributed by atoms with Gasteiger partial charge in [0.05, 0.1) is 11.3 Å². The molecule has 1 unspecified atom stereocenters. The number of nitriles is 1. The zero-order valence-corrected chi connectivity index (χ0v) is 17.1. The summed E-state index contributed by atoms with van der Waals surface area (Å²) in [6, 6.07) is 11.8. The average molecular weight is 413 g/mol. The molecule has 0 amide bonds. The molecule has 1 aromatic carbocycles. The molecule has 2 rings (SSSR count). The third-order valence-electron chi connectivity index (χ3n) is 4.34. The van der Waals surface area contributed by atoms with E-state index in [0.29, 0.717) is 17.1 Å². The number of hydrogen-bond donors (Lipinski definition) is 4. The summed E-state index contributed by atoms with van der Waals surface area (Å²) in [7, 11) is -4.05. The molecule has 7 nitrogen and oxygen atoms in total. The van der Waals surface area contributed by atoms with Crippen LogP contribution >= 0.6 is 0 Å². The van der Waals surface area contributed by atoms with E-state index in [9.17, 15) is 13.7 Å². The molecule has 152 valence electrons. The monoisotopic (exact) mass is 412 g/mol. The van der Waals surface area contributed by atoms with Crippen molar-refractivity contribution < 1.29 is 13.0 Å². The molecule has 0 bridgehead atoms. The number of dihydropyridines is 1. The molecule has 0 saturated carbocycles. The Morgan fingerprint density at radius 2 is 2.03 bits per heavy atom. The van der Waals surface area contributed by atoms with E-state index < -0.39 is 15.9 Å². The van der Waals surface area contributed by atoms with Crippen molar-refractivity contribution >= 4 is 15.8 Å². The number of anilines is 1. The first-order chi connectivity index (χ1) is 13.7. The maximum Gasteiger partial charge on any atom is 0.268 e. The van der Waals surface area contributed by atoms with Gasteiger partial charge in [0.2, 0.25) is 0 Å². The van der Waals surface area contributed by atoms with Crippen molar-refractivity contribution in [3.8, 4) is 6.07 Å². The van der Waals surface area contributed by atoms with Gasteiger partial charge in [0, 0.05) is 11.4 Å². The zero-order valence-electron chi connectivity index (χ0n) is 16.3. The smallest absolute Gasteiger partial charge is 0.268 e. The molecular formula is C21H24N4O3S. The Bertz CT molecular complexity index is 1030. The van der Waals surface area contributed by atoms with Crippen LogP contribution in [0.2, 0.25) is 0 Å². The predicted octanol–water partition coefficient (Wildman–Crippen LogP) is 3.20. The highest BCUT2D eigenvalue weighted by Crippen LogP contribution is 2.25. The molecule has 1 atom stereocenters. The lowest BCUT2D eigenvalue weighted by atomic mass is 9.97. The van der Waals surface area contributed by atoms with Crippen molar-refractivity contribution in [1.82, 2.24) is 10.6 Å². The minimum absolute atomic E-state index is 0.308. The third kappa shape index (κ3) is 6.38. The van der Waals surface area contributed by atoms with E-state index >= 15 is 0 Å². The number of nitrogens with one attached hydrogen (secondary N) is 3. The van der Waals surface area contributed by atoms with Crippen LogP contribution < -0.4 is 16.0 Å². The first-order valence-electron chi connectivity index (χ1n) is 8.87. The molecule has 1 aliphatic rings. The quantitative estimate of drug-likeness (QED) is 0.383. The van der Waals surface area contributed by atoms with Gasteiger partial charge < -0.3 is 16.0 Å². The van der Waals surface area contributed by atoms with E-state index in [-0.39, 0.29) is 6.17 Å². The van der Waals surface area contributed by atoms with E-state index in [1.54, 1.807) is 12.2 Å². The van der Waals surface area contributed by atoms with E-state index in [1.807, 2.05) is 44.2 Å². The fraction of sp³-hybridized carbons (Fsp3) is 0.190. The minimum Gasteiger partial charge on any atom is -0.362 e. The maximum atomic E-state index is 10.8. The lowest BCUT2D eigenvalue weighted by molar-refractivity contribution is 0.486. The zero-order chi connectivity index (χ0) is 21.4. The number of para-hydroxylation sites is 1. The second-order valence-electron chi connectivity index (χ2n) is 6.39. The first-order valence-corrected chi connectivity index (χ1v) is 10.5. The third-order valence-corrected chi connectivity index (χ3v) is 4.96. The lowest BCUT2D eigenvalue weighted by Gasteiger charge is -2.31. The normalized spacial score (nSPS) is 17.7. The summed E-state index contributed by atoms with van der Waals surface area (Å²) >= 11 is 0. The molecule has 0 fully saturated rings. The summed E-state index contributed by atoms with van der Waals surface area (Å²) in [6.07, 6.45) is 5.79. The summed E-state index contributed by atoms with van der Waals surface area (Å²) in [5.41, 5.74) is 3.81. The Morgan fingerprint density at radius 1 is 1.34 bits per heavy atom. The number of rotatable bonds is 8. The van der Waals surface area contributed by atoms with Gasteiger partial charge in [0.15, 0.2) is 0 Å². The van der Waals surface area contributed by atoms with Crippen LogP contribution in [0, 0.1) is 11.3 Å². The number of benzene rings is 1.